The molecule has 0 aliphatic carbocycles. The molecular weight excluding hydrogens is 394 g/mol. The number of carbonyl (C=O) groups excluding carboxylic acids is 1. The molecule has 1 heterocycles. The molecular formula is C21H20ClN3O4. The number of hydrogen-bond acceptors (Lipinski definition) is 4. The van der Waals surface area contributed by atoms with Gasteiger partial charge in [0, 0.05) is 12.1 Å². The van der Waals surface area contributed by atoms with Crippen molar-refractivity contribution in [3.05, 3.63) is 75.9 Å². The molecule has 0 radical (unpaired) electrons. The minimum Gasteiger partial charge on any atom is -0.478 e. The number of halogens is 1. The monoisotopic (exact) mass is 413 g/mol. The van der Waals surface area contributed by atoms with E-state index in [2.05, 4.69) is 10.4 Å². The molecule has 0 bridgehead atoms. The van der Waals surface area contributed by atoms with Crippen molar-refractivity contribution in [1.82, 2.24) is 15.1 Å². The molecule has 0 unspecified atom stereocenters. The quantitative estimate of drug-likeness (QED) is 0.626. The normalized spacial score (nSPS) is 11.7. The predicted molar refractivity (Wildman–Crippen MR) is 109 cm³/mol. The molecule has 0 spiro atoms. The zero-order valence-electron chi connectivity index (χ0n) is 16.1. The average molecular weight is 414 g/mol. The van der Waals surface area contributed by atoms with Crippen LogP contribution in [0.2, 0.25) is 5.02 Å². The van der Waals surface area contributed by atoms with E-state index < -0.39 is 5.97 Å². The number of nitrogens with one attached hydrogen (secondary N) is 1. The van der Waals surface area contributed by atoms with Gasteiger partial charge in [0.05, 0.1) is 17.3 Å². The molecule has 1 amide bonds. The first-order valence-corrected chi connectivity index (χ1v) is 9.25. The van der Waals surface area contributed by atoms with Gasteiger partial charge in [0.1, 0.15) is 11.3 Å². The van der Waals surface area contributed by atoms with Crippen molar-refractivity contribution in [2.45, 2.75) is 19.9 Å². The van der Waals surface area contributed by atoms with Crippen LogP contribution in [0.25, 0.3) is 0 Å². The Morgan fingerprint density at radius 2 is 1.90 bits per heavy atom. The number of rotatable bonds is 6. The van der Waals surface area contributed by atoms with E-state index in [1.165, 1.54) is 16.8 Å². The van der Waals surface area contributed by atoms with E-state index in [4.69, 9.17) is 21.4 Å². The fourth-order valence-corrected chi connectivity index (χ4v) is 3.10. The van der Waals surface area contributed by atoms with Gasteiger partial charge >= 0.3 is 5.97 Å². The van der Waals surface area contributed by atoms with Crippen LogP contribution in [0.4, 0.5) is 0 Å². The highest BCUT2D eigenvalue weighted by atomic mass is 35.5. The Morgan fingerprint density at radius 3 is 2.52 bits per heavy atom. The van der Waals surface area contributed by atoms with Gasteiger partial charge in [-0.2, -0.15) is 5.10 Å². The predicted octanol–water partition coefficient (Wildman–Crippen LogP) is 4.36. The number of carboxylic acids is 1. The van der Waals surface area contributed by atoms with Gasteiger partial charge in [-0.3, -0.25) is 4.79 Å². The maximum Gasteiger partial charge on any atom is 0.335 e. The molecule has 150 valence electrons. The molecule has 0 saturated carbocycles. The standard InChI is InChI=1S/C21H20ClN3O4/c1-12(14-7-9-15(10-8-14)21(27)28)23-19(26)18-13(2)24-25(3)20(18)29-17-6-4-5-16(22)11-17/h4-12H,1-3H3,(H,23,26)(H,27,28)/t12-/m0/s1. The van der Waals surface area contributed by atoms with Gasteiger partial charge in [-0.25, -0.2) is 9.48 Å². The van der Waals surface area contributed by atoms with Crippen LogP contribution in [-0.2, 0) is 7.05 Å². The highest BCUT2D eigenvalue weighted by Gasteiger charge is 2.24. The van der Waals surface area contributed by atoms with E-state index in [-0.39, 0.29) is 17.5 Å². The van der Waals surface area contributed by atoms with Crippen LogP contribution < -0.4 is 10.1 Å². The zero-order valence-corrected chi connectivity index (χ0v) is 16.9. The number of aromatic carboxylic acids is 1. The summed E-state index contributed by atoms with van der Waals surface area (Å²) < 4.78 is 7.38. The van der Waals surface area contributed by atoms with Crippen LogP contribution in [0.3, 0.4) is 0 Å². The fraction of sp³-hybridized carbons (Fsp3) is 0.190. The SMILES string of the molecule is Cc1nn(C)c(Oc2cccc(Cl)c2)c1C(=O)N[C@@H](C)c1ccc(C(=O)O)cc1. The highest BCUT2D eigenvalue weighted by Crippen LogP contribution is 2.29. The number of nitrogens with zero attached hydrogens (tertiary/aromatic N) is 2. The lowest BCUT2D eigenvalue weighted by atomic mass is 10.1. The third-order valence-electron chi connectivity index (χ3n) is 4.41. The summed E-state index contributed by atoms with van der Waals surface area (Å²) in [6, 6.07) is 12.9. The molecule has 2 N–H and O–H groups in total. The summed E-state index contributed by atoms with van der Waals surface area (Å²) in [7, 11) is 1.69. The molecule has 2 aromatic carbocycles. The lowest BCUT2D eigenvalue weighted by Gasteiger charge is -2.15. The van der Waals surface area contributed by atoms with Crippen LogP contribution in [0.5, 0.6) is 11.6 Å². The summed E-state index contributed by atoms with van der Waals surface area (Å²) in [4.78, 5) is 23.9. The highest BCUT2D eigenvalue weighted by molar-refractivity contribution is 6.30. The Kier molecular flexibility index (Phi) is 5.89. The molecule has 0 fully saturated rings. The summed E-state index contributed by atoms with van der Waals surface area (Å²) in [6.45, 7) is 3.54. The van der Waals surface area contributed by atoms with Crippen LogP contribution >= 0.6 is 11.6 Å². The Morgan fingerprint density at radius 1 is 1.21 bits per heavy atom. The summed E-state index contributed by atoms with van der Waals surface area (Å²) in [6.07, 6.45) is 0. The molecule has 3 rings (SSSR count). The van der Waals surface area contributed by atoms with Crippen molar-refractivity contribution in [2.75, 3.05) is 0 Å². The summed E-state index contributed by atoms with van der Waals surface area (Å²) >= 11 is 6.01. The van der Waals surface area contributed by atoms with Crippen molar-refractivity contribution in [3.63, 3.8) is 0 Å². The number of aryl methyl sites for hydroxylation is 2. The van der Waals surface area contributed by atoms with E-state index in [1.807, 2.05) is 6.92 Å². The lowest BCUT2D eigenvalue weighted by molar-refractivity contribution is 0.0696. The van der Waals surface area contributed by atoms with Gasteiger partial charge in [0.15, 0.2) is 0 Å². The van der Waals surface area contributed by atoms with Crippen LogP contribution in [0.1, 0.15) is 44.9 Å². The third-order valence-corrected chi connectivity index (χ3v) is 4.65. The van der Waals surface area contributed by atoms with Crippen molar-refractivity contribution >= 4 is 23.5 Å². The Labute approximate surface area is 172 Å². The van der Waals surface area contributed by atoms with Crippen molar-refractivity contribution in [3.8, 4) is 11.6 Å². The molecule has 8 heteroatoms. The second-order valence-electron chi connectivity index (χ2n) is 6.57. The minimum absolute atomic E-state index is 0.188. The molecule has 1 atom stereocenters. The number of hydrogen-bond donors (Lipinski definition) is 2. The molecule has 0 aliphatic heterocycles. The van der Waals surface area contributed by atoms with E-state index in [0.717, 1.165) is 5.56 Å². The molecule has 3 aromatic rings. The molecule has 0 saturated heterocycles. The lowest BCUT2D eigenvalue weighted by Crippen LogP contribution is -2.27. The third kappa shape index (κ3) is 4.57. The molecule has 29 heavy (non-hydrogen) atoms. The van der Waals surface area contributed by atoms with E-state index >= 15 is 0 Å². The van der Waals surface area contributed by atoms with Crippen LogP contribution in [0.15, 0.2) is 48.5 Å². The Bertz CT molecular complexity index is 1060. The van der Waals surface area contributed by atoms with E-state index in [9.17, 15) is 9.59 Å². The van der Waals surface area contributed by atoms with Gasteiger partial charge in [0.2, 0.25) is 5.88 Å². The molecule has 1 aromatic heterocycles. The van der Waals surface area contributed by atoms with Crippen molar-refractivity contribution in [2.24, 2.45) is 7.05 Å². The number of carbonyl (C=O) groups is 2. The van der Waals surface area contributed by atoms with Crippen molar-refractivity contribution < 1.29 is 19.4 Å². The first kappa shape index (κ1) is 20.4. The smallest absolute Gasteiger partial charge is 0.335 e. The average Bonchev–Trinajstić information content (AvgIpc) is 2.95. The first-order chi connectivity index (χ1) is 13.8. The second kappa shape index (κ2) is 8.36. The van der Waals surface area contributed by atoms with Crippen LogP contribution in [0, 0.1) is 6.92 Å². The van der Waals surface area contributed by atoms with Gasteiger partial charge in [-0.1, -0.05) is 29.8 Å². The Hall–Kier alpha value is -3.32. The zero-order chi connectivity index (χ0) is 21.1. The van der Waals surface area contributed by atoms with Crippen LogP contribution in [-0.4, -0.2) is 26.8 Å². The Balaban J connectivity index is 1.82. The number of benzene rings is 2. The minimum atomic E-state index is -0.998. The largest absolute Gasteiger partial charge is 0.478 e. The van der Waals surface area contributed by atoms with E-state index in [0.29, 0.717) is 27.9 Å². The fourth-order valence-electron chi connectivity index (χ4n) is 2.92. The van der Waals surface area contributed by atoms with Gasteiger partial charge in [0.25, 0.3) is 5.91 Å². The first-order valence-electron chi connectivity index (χ1n) is 8.87. The molecule has 0 aliphatic rings. The summed E-state index contributed by atoms with van der Waals surface area (Å²) in [5, 5.41) is 16.7. The number of ether oxygens (including phenoxy) is 1. The van der Waals surface area contributed by atoms with Gasteiger partial charge < -0.3 is 15.2 Å². The maximum absolute atomic E-state index is 13.0. The topological polar surface area (TPSA) is 93.5 Å². The van der Waals surface area contributed by atoms with Gasteiger partial charge in [-0.15, -0.1) is 0 Å². The number of carboxylic acid groups (broad SMARTS) is 1. The number of aromatic nitrogens is 2. The van der Waals surface area contributed by atoms with Gasteiger partial charge in [-0.05, 0) is 49.7 Å². The molecule has 7 nitrogen and oxygen atoms in total. The summed E-state index contributed by atoms with van der Waals surface area (Å²) in [5.74, 6) is -0.549. The van der Waals surface area contributed by atoms with Crippen molar-refractivity contribution in [1.29, 1.82) is 0 Å². The summed E-state index contributed by atoms with van der Waals surface area (Å²) in [5.41, 5.74) is 1.81. The number of amides is 1. The second-order valence-corrected chi connectivity index (χ2v) is 7.01. The van der Waals surface area contributed by atoms with E-state index in [1.54, 1.807) is 50.4 Å². The maximum atomic E-state index is 13.0.